The van der Waals surface area contributed by atoms with E-state index in [4.69, 9.17) is 4.74 Å². The van der Waals surface area contributed by atoms with Gasteiger partial charge in [-0.1, -0.05) is 12.1 Å². The largest absolute Gasteiger partial charge is 0.444 e. The molecule has 1 aliphatic heterocycles. The summed E-state index contributed by atoms with van der Waals surface area (Å²) in [6, 6.07) is 4.81. The van der Waals surface area contributed by atoms with Crippen LogP contribution < -0.4 is 0 Å². The molecule has 24 heavy (non-hydrogen) atoms. The molecule has 0 spiro atoms. The van der Waals surface area contributed by atoms with Crippen LogP contribution in [-0.2, 0) is 10.9 Å². The minimum atomic E-state index is -4.38. The molecule has 0 unspecified atom stereocenters. The SMILES string of the molecule is CC(C)(C)OC(=O)N1CC[C@@H](c2ccc(C(F)(F)F)cc2)[C@H](O)C1. The van der Waals surface area contributed by atoms with Gasteiger partial charge in [0.1, 0.15) is 5.60 Å². The summed E-state index contributed by atoms with van der Waals surface area (Å²) in [7, 11) is 0. The van der Waals surface area contributed by atoms with E-state index in [0.717, 1.165) is 12.1 Å². The Hall–Kier alpha value is -1.76. The van der Waals surface area contributed by atoms with Gasteiger partial charge in [-0.15, -0.1) is 0 Å². The van der Waals surface area contributed by atoms with Crippen LogP contribution in [0.5, 0.6) is 0 Å². The number of nitrogens with zero attached hydrogens (tertiary/aromatic N) is 1. The predicted molar refractivity (Wildman–Crippen MR) is 82.6 cm³/mol. The van der Waals surface area contributed by atoms with E-state index >= 15 is 0 Å². The molecule has 0 radical (unpaired) electrons. The Balaban J connectivity index is 2.02. The third-order valence-electron chi connectivity index (χ3n) is 3.90. The number of benzene rings is 1. The molecule has 1 aromatic rings. The first-order valence-corrected chi connectivity index (χ1v) is 7.80. The number of carbonyl (C=O) groups is 1. The fraction of sp³-hybridized carbons (Fsp3) is 0.588. The van der Waals surface area contributed by atoms with Crippen LogP contribution in [0.2, 0.25) is 0 Å². The van der Waals surface area contributed by atoms with Gasteiger partial charge in [-0.05, 0) is 44.9 Å². The molecule has 0 saturated carbocycles. The molecular weight excluding hydrogens is 323 g/mol. The number of carbonyl (C=O) groups excluding carboxylic acids is 1. The van der Waals surface area contributed by atoms with E-state index in [2.05, 4.69) is 0 Å². The maximum atomic E-state index is 12.6. The quantitative estimate of drug-likeness (QED) is 0.842. The van der Waals surface area contributed by atoms with E-state index in [1.165, 1.54) is 17.0 Å². The van der Waals surface area contributed by atoms with Crippen molar-refractivity contribution in [1.82, 2.24) is 4.90 Å². The molecule has 4 nitrogen and oxygen atoms in total. The average Bonchev–Trinajstić information content (AvgIpc) is 2.44. The molecule has 1 amide bonds. The first-order valence-electron chi connectivity index (χ1n) is 7.80. The average molecular weight is 345 g/mol. The predicted octanol–water partition coefficient (Wildman–Crippen LogP) is 3.79. The number of alkyl halides is 3. The highest BCUT2D eigenvalue weighted by Crippen LogP contribution is 2.33. The highest BCUT2D eigenvalue weighted by atomic mass is 19.4. The molecule has 1 heterocycles. The molecule has 134 valence electrons. The Morgan fingerprint density at radius 3 is 2.25 bits per heavy atom. The fourth-order valence-electron chi connectivity index (χ4n) is 2.73. The number of hydrogen-bond donors (Lipinski definition) is 1. The molecule has 1 aromatic carbocycles. The number of amides is 1. The van der Waals surface area contributed by atoms with Gasteiger partial charge in [0.2, 0.25) is 0 Å². The van der Waals surface area contributed by atoms with Gasteiger partial charge < -0.3 is 14.7 Å². The summed E-state index contributed by atoms with van der Waals surface area (Å²) >= 11 is 0. The molecule has 1 N–H and O–H groups in total. The van der Waals surface area contributed by atoms with Crippen LogP contribution in [0.25, 0.3) is 0 Å². The van der Waals surface area contributed by atoms with E-state index < -0.39 is 29.5 Å². The van der Waals surface area contributed by atoms with Crippen molar-refractivity contribution in [3.63, 3.8) is 0 Å². The molecule has 1 aliphatic rings. The highest BCUT2D eigenvalue weighted by Gasteiger charge is 2.34. The summed E-state index contributed by atoms with van der Waals surface area (Å²) in [5.74, 6) is -0.300. The topological polar surface area (TPSA) is 49.8 Å². The number of piperidine rings is 1. The monoisotopic (exact) mass is 345 g/mol. The molecule has 2 rings (SSSR count). The number of rotatable bonds is 1. The second-order valence-electron chi connectivity index (χ2n) is 7.01. The molecule has 0 aliphatic carbocycles. The second-order valence-corrected chi connectivity index (χ2v) is 7.01. The third kappa shape index (κ3) is 4.63. The van der Waals surface area contributed by atoms with E-state index in [9.17, 15) is 23.1 Å². The number of halogens is 3. The zero-order valence-electron chi connectivity index (χ0n) is 13.9. The minimum Gasteiger partial charge on any atom is -0.444 e. The van der Waals surface area contributed by atoms with Gasteiger partial charge in [0.25, 0.3) is 0 Å². The number of aliphatic hydroxyl groups is 1. The van der Waals surface area contributed by atoms with Crippen molar-refractivity contribution in [1.29, 1.82) is 0 Å². The van der Waals surface area contributed by atoms with Gasteiger partial charge in [-0.25, -0.2) is 4.79 Å². The van der Waals surface area contributed by atoms with Crippen LogP contribution in [0.4, 0.5) is 18.0 Å². The lowest BCUT2D eigenvalue weighted by atomic mass is 9.87. The first-order chi connectivity index (χ1) is 11.0. The lowest BCUT2D eigenvalue weighted by Crippen LogP contribution is -2.47. The van der Waals surface area contributed by atoms with Crippen molar-refractivity contribution >= 4 is 6.09 Å². The summed E-state index contributed by atoms with van der Waals surface area (Å²) in [5.41, 5.74) is -0.696. The number of aliphatic hydroxyl groups excluding tert-OH is 1. The van der Waals surface area contributed by atoms with Gasteiger partial charge in [-0.2, -0.15) is 13.2 Å². The molecule has 7 heteroatoms. The number of likely N-dealkylation sites (tertiary alicyclic amines) is 1. The Morgan fingerprint density at radius 2 is 1.79 bits per heavy atom. The Labute approximate surface area is 139 Å². The van der Waals surface area contributed by atoms with E-state index in [-0.39, 0.29) is 12.5 Å². The maximum Gasteiger partial charge on any atom is 0.416 e. The molecule has 1 fully saturated rings. The van der Waals surface area contributed by atoms with Crippen LogP contribution in [0, 0.1) is 0 Å². The van der Waals surface area contributed by atoms with E-state index in [1.54, 1.807) is 20.8 Å². The fourth-order valence-corrected chi connectivity index (χ4v) is 2.73. The lowest BCUT2D eigenvalue weighted by molar-refractivity contribution is -0.137. The summed E-state index contributed by atoms with van der Waals surface area (Å²) in [6.07, 6.45) is -5.25. The number of hydrogen-bond acceptors (Lipinski definition) is 3. The lowest BCUT2D eigenvalue weighted by Gasteiger charge is -2.37. The Morgan fingerprint density at radius 1 is 1.21 bits per heavy atom. The van der Waals surface area contributed by atoms with Crippen LogP contribution in [0.3, 0.4) is 0 Å². The van der Waals surface area contributed by atoms with Crippen molar-refractivity contribution in [2.24, 2.45) is 0 Å². The van der Waals surface area contributed by atoms with Gasteiger partial charge in [0.15, 0.2) is 0 Å². The molecular formula is C17H22F3NO3. The molecule has 0 bridgehead atoms. The van der Waals surface area contributed by atoms with Crippen LogP contribution >= 0.6 is 0 Å². The highest BCUT2D eigenvalue weighted by molar-refractivity contribution is 5.68. The first kappa shape index (κ1) is 18.6. The molecule has 2 atom stereocenters. The normalized spacial score (nSPS) is 22.4. The molecule has 1 saturated heterocycles. The van der Waals surface area contributed by atoms with Gasteiger partial charge in [0.05, 0.1) is 18.2 Å². The van der Waals surface area contributed by atoms with Gasteiger partial charge >= 0.3 is 12.3 Å². The van der Waals surface area contributed by atoms with E-state index in [1.807, 2.05) is 0 Å². The smallest absolute Gasteiger partial charge is 0.416 e. The van der Waals surface area contributed by atoms with Gasteiger partial charge in [0, 0.05) is 12.5 Å². The van der Waals surface area contributed by atoms with E-state index in [0.29, 0.717) is 18.5 Å². The van der Waals surface area contributed by atoms with Gasteiger partial charge in [-0.3, -0.25) is 0 Å². The van der Waals surface area contributed by atoms with Crippen molar-refractivity contribution in [3.05, 3.63) is 35.4 Å². The summed E-state index contributed by atoms with van der Waals surface area (Å²) in [5, 5.41) is 10.3. The Bertz CT molecular complexity index is 578. The van der Waals surface area contributed by atoms with Crippen LogP contribution in [0.1, 0.15) is 44.2 Å². The molecule has 0 aromatic heterocycles. The van der Waals surface area contributed by atoms with Crippen molar-refractivity contribution < 1.29 is 27.8 Å². The number of β-amino-alcohol motifs (C(OH)–C–C–N with tert-alkyl or cyclic N) is 1. The second kappa shape index (κ2) is 6.63. The third-order valence-corrected chi connectivity index (χ3v) is 3.90. The summed E-state index contributed by atoms with van der Waals surface area (Å²) in [6.45, 7) is 5.76. The summed E-state index contributed by atoms with van der Waals surface area (Å²) in [4.78, 5) is 13.5. The zero-order valence-corrected chi connectivity index (χ0v) is 13.9. The minimum absolute atomic E-state index is 0.0978. The standard InChI is InChI=1S/C17H22F3NO3/c1-16(2,3)24-15(23)21-9-8-13(14(22)10-21)11-4-6-12(7-5-11)17(18,19)20/h4-7,13-14,22H,8-10H2,1-3H3/t13-,14+/m0/s1. The van der Waals surface area contributed by atoms with Crippen molar-refractivity contribution in [3.8, 4) is 0 Å². The van der Waals surface area contributed by atoms with Crippen molar-refractivity contribution in [2.75, 3.05) is 13.1 Å². The van der Waals surface area contributed by atoms with Crippen LogP contribution in [0.15, 0.2) is 24.3 Å². The number of ether oxygens (including phenoxy) is 1. The maximum absolute atomic E-state index is 12.6. The van der Waals surface area contributed by atoms with Crippen LogP contribution in [-0.4, -0.2) is 40.9 Å². The summed E-state index contributed by atoms with van der Waals surface area (Å²) < 4.78 is 43.1. The Kier molecular flexibility index (Phi) is 5.13. The van der Waals surface area contributed by atoms with Crippen molar-refractivity contribution in [2.45, 2.75) is 51.0 Å². The zero-order chi connectivity index (χ0) is 18.1.